The highest BCUT2D eigenvalue weighted by molar-refractivity contribution is 5.87. The van der Waals surface area contributed by atoms with Gasteiger partial charge in [-0.3, -0.25) is 15.4 Å². The number of nitroso groups, excluding NO2 is 1. The Morgan fingerprint density at radius 3 is 2.69 bits per heavy atom. The molecular weight excluding hydrogens is 330 g/mol. The minimum atomic E-state index is -0.111. The van der Waals surface area contributed by atoms with E-state index < -0.39 is 0 Å². The van der Waals surface area contributed by atoms with E-state index in [2.05, 4.69) is 29.3 Å². The Morgan fingerprint density at radius 2 is 2.04 bits per heavy atom. The molecule has 0 saturated carbocycles. The first-order chi connectivity index (χ1) is 12.6. The molecule has 5 unspecified atom stereocenters. The lowest BCUT2D eigenvalue weighted by atomic mass is 9.85. The van der Waals surface area contributed by atoms with Crippen LogP contribution in [0.15, 0.2) is 43.0 Å². The highest BCUT2D eigenvalue weighted by Crippen LogP contribution is 2.33. The largest absolute Gasteiger partial charge is 0.337 e. The topological polar surface area (TPSA) is 67.7 Å². The summed E-state index contributed by atoms with van der Waals surface area (Å²) >= 11 is 0. The van der Waals surface area contributed by atoms with Crippen molar-refractivity contribution in [3.8, 4) is 0 Å². The van der Waals surface area contributed by atoms with Crippen LogP contribution < -0.4 is 10.6 Å². The average Bonchev–Trinajstić information content (AvgIpc) is 3.25. The smallest absolute Gasteiger partial charge is 0.251 e. The van der Waals surface area contributed by atoms with E-state index >= 15 is 0 Å². The fourth-order valence-corrected chi connectivity index (χ4v) is 4.59. The number of hydrazine groups is 1. The van der Waals surface area contributed by atoms with Gasteiger partial charge in [0.15, 0.2) is 0 Å². The van der Waals surface area contributed by atoms with Crippen LogP contribution in [0, 0.1) is 10.8 Å². The Morgan fingerprint density at radius 1 is 1.27 bits per heavy atom. The van der Waals surface area contributed by atoms with Gasteiger partial charge in [0.2, 0.25) is 5.91 Å². The highest BCUT2D eigenvalue weighted by Gasteiger charge is 2.54. The third-order valence-electron chi connectivity index (χ3n) is 5.97. The molecule has 0 bridgehead atoms. The van der Waals surface area contributed by atoms with Crippen molar-refractivity contribution in [2.75, 3.05) is 26.7 Å². The zero-order valence-electron chi connectivity index (χ0n) is 15.0. The molecule has 0 radical (unpaired) electrons. The SMILES string of the molecule is C=CC(=O)N1CC2NC(c3ccccc3)NC(C3CCN(C)[N+]3=O)C2C1. The molecule has 3 saturated heterocycles. The molecule has 0 aromatic heterocycles. The monoisotopic (exact) mass is 356 g/mol. The summed E-state index contributed by atoms with van der Waals surface area (Å²) in [5.74, 6) is 0.158. The number of likely N-dealkylation sites (tertiary alicyclic amines) is 1. The van der Waals surface area contributed by atoms with Gasteiger partial charge in [-0.1, -0.05) is 36.9 Å². The molecule has 2 N–H and O–H groups in total. The number of carbonyl (C=O) groups is 1. The predicted molar refractivity (Wildman–Crippen MR) is 98.0 cm³/mol. The molecule has 1 aromatic rings. The zero-order chi connectivity index (χ0) is 18.3. The summed E-state index contributed by atoms with van der Waals surface area (Å²) in [7, 11) is 1.84. The summed E-state index contributed by atoms with van der Waals surface area (Å²) < 4.78 is 0. The Bertz CT molecular complexity index is 709. The number of amides is 1. The van der Waals surface area contributed by atoms with Crippen molar-refractivity contribution in [1.82, 2.24) is 20.5 Å². The first-order valence-electron chi connectivity index (χ1n) is 9.24. The fourth-order valence-electron chi connectivity index (χ4n) is 4.59. The van der Waals surface area contributed by atoms with E-state index in [0.717, 1.165) is 23.4 Å². The standard InChI is InChI=1S/C19H26N5O2/c1-3-17(25)23-11-14-15(12-23)20-19(13-7-5-4-6-8-13)21-18(14)16-9-10-22(2)24(16)26/h3-8,14-16,18-21H,1,9-12H2,2H3/q+1. The van der Waals surface area contributed by atoms with Gasteiger partial charge in [0.25, 0.3) is 6.04 Å². The minimum Gasteiger partial charge on any atom is -0.337 e. The molecule has 3 aliphatic rings. The summed E-state index contributed by atoms with van der Waals surface area (Å²) in [5.41, 5.74) is 1.15. The van der Waals surface area contributed by atoms with Gasteiger partial charge < -0.3 is 4.90 Å². The lowest BCUT2D eigenvalue weighted by Crippen LogP contribution is -2.63. The third-order valence-corrected chi connectivity index (χ3v) is 5.97. The summed E-state index contributed by atoms with van der Waals surface area (Å²) in [6.07, 6.45) is 2.18. The third kappa shape index (κ3) is 2.91. The number of hydrogen-bond donors (Lipinski definition) is 2. The van der Waals surface area contributed by atoms with Crippen molar-refractivity contribution in [1.29, 1.82) is 0 Å². The fraction of sp³-hybridized carbons (Fsp3) is 0.526. The Hall–Kier alpha value is -2.25. The van der Waals surface area contributed by atoms with E-state index in [1.807, 2.05) is 30.1 Å². The van der Waals surface area contributed by atoms with Gasteiger partial charge in [-0.25, -0.2) is 0 Å². The van der Waals surface area contributed by atoms with Crippen molar-refractivity contribution in [2.24, 2.45) is 5.92 Å². The minimum absolute atomic E-state index is 0.0246. The van der Waals surface area contributed by atoms with Crippen LogP contribution in [0.4, 0.5) is 0 Å². The van der Waals surface area contributed by atoms with Crippen LogP contribution in [0.1, 0.15) is 18.2 Å². The van der Waals surface area contributed by atoms with Crippen LogP contribution in [0.5, 0.6) is 0 Å². The van der Waals surface area contributed by atoms with Gasteiger partial charge in [-0.2, -0.15) is 0 Å². The first kappa shape index (κ1) is 17.2. The summed E-state index contributed by atoms with van der Waals surface area (Å²) in [4.78, 5) is 27.7. The summed E-state index contributed by atoms with van der Waals surface area (Å²) in [6, 6.07) is 10.3. The second kappa shape index (κ2) is 6.81. The molecule has 3 aliphatic heterocycles. The van der Waals surface area contributed by atoms with Crippen LogP contribution in [0.25, 0.3) is 0 Å². The van der Waals surface area contributed by atoms with Crippen LogP contribution in [-0.2, 0) is 4.79 Å². The van der Waals surface area contributed by atoms with Gasteiger partial charge in [0.1, 0.15) is 4.87 Å². The lowest BCUT2D eigenvalue weighted by molar-refractivity contribution is -0.709. The maximum Gasteiger partial charge on any atom is 0.251 e. The maximum atomic E-state index is 12.6. The number of carbonyl (C=O) groups excluding carboxylic acids is 1. The number of nitrogens with one attached hydrogen (secondary N) is 2. The lowest BCUT2D eigenvalue weighted by Gasteiger charge is -2.40. The Labute approximate surface area is 153 Å². The van der Waals surface area contributed by atoms with E-state index in [1.54, 1.807) is 5.01 Å². The molecule has 7 nitrogen and oxygen atoms in total. The molecule has 3 fully saturated rings. The van der Waals surface area contributed by atoms with E-state index in [9.17, 15) is 9.70 Å². The molecule has 138 valence electrons. The molecule has 4 rings (SSSR count). The molecule has 26 heavy (non-hydrogen) atoms. The van der Waals surface area contributed by atoms with Gasteiger partial charge in [-0.05, 0) is 11.6 Å². The van der Waals surface area contributed by atoms with Crippen LogP contribution >= 0.6 is 0 Å². The molecule has 5 atom stereocenters. The van der Waals surface area contributed by atoms with E-state index in [-0.39, 0.29) is 36.1 Å². The van der Waals surface area contributed by atoms with Crippen molar-refractivity contribution < 1.29 is 9.66 Å². The number of fused-ring (bicyclic) bond motifs is 1. The number of rotatable bonds is 3. The molecule has 3 heterocycles. The molecule has 0 aliphatic carbocycles. The average molecular weight is 356 g/mol. The van der Waals surface area contributed by atoms with Gasteiger partial charge in [0, 0.05) is 31.5 Å². The molecule has 1 amide bonds. The van der Waals surface area contributed by atoms with Crippen molar-refractivity contribution >= 4 is 5.91 Å². The Kier molecular flexibility index (Phi) is 4.50. The highest BCUT2D eigenvalue weighted by atomic mass is 16.3. The normalized spacial score (nSPS) is 34.0. The first-order valence-corrected chi connectivity index (χ1v) is 9.24. The summed E-state index contributed by atoms with van der Waals surface area (Å²) in [5, 5.41) is 9.05. The van der Waals surface area contributed by atoms with Gasteiger partial charge in [0.05, 0.1) is 30.7 Å². The maximum absolute atomic E-state index is 12.6. The van der Waals surface area contributed by atoms with E-state index in [0.29, 0.717) is 13.1 Å². The zero-order valence-corrected chi connectivity index (χ0v) is 15.0. The van der Waals surface area contributed by atoms with Crippen LogP contribution in [0.2, 0.25) is 0 Å². The summed E-state index contributed by atoms with van der Waals surface area (Å²) in [6.45, 7) is 5.68. The quantitative estimate of drug-likeness (QED) is 0.615. The molecular formula is C19H26N5O2+. The van der Waals surface area contributed by atoms with E-state index in [1.165, 1.54) is 6.08 Å². The molecule has 1 aromatic carbocycles. The van der Waals surface area contributed by atoms with Crippen molar-refractivity contribution in [3.05, 3.63) is 53.5 Å². The molecule has 0 spiro atoms. The van der Waals surface area contributed by atoms with Gasteiger partial charge in [-0.15, -0.1) is 5.01 Å². The van der Waals surface area contributed by atoms with Crippen LogP contribution in [0.3, 0.4) is 0 Å². The van der Waals surface area contributed by atoms with Crippen molar-refractivity contribution in [2.45, 2.75) is 30.7 Å². The van der Waals surface area contributed by atoms with Crippen LogP contribution in [-0.4, -0.2) is 65.5 Å². The molecule has 7 heteroatoms. The Balaban J connectivity index is 1.62. The second-order valence-electron chi connectivity index (χ2n) is 7.46. The van der Waals surface area contributed by atoms with Crippen molar-refractivity contribution in [3.63, 3.8) is 0 Å². The number of nitrogens with zero attached hydrogens (tertiary/aromatic N) is 3. The second-order valence-corrected chi connectivity index (χ2v) is 7.46. The van der Waals surface area contributed by atoms with E-state index in [4.69, 9.17) is 0 Å². The number of hydrogen-bond acceptors (Lipinski definition) is 4. The number of benzene rings is 1. The predicted octanol–water partition coefficient (Wildman–Crippen LogP) is 0.658. The van der Waals surface area contributed by atoms with Gasteiger partial charge >= 0.3 is 0 Å².